The summed E-state index contributed by atoms with van der Waals surface area (Å²) in [6, 6.07) is 18.6. The summed E-state index contributed by atoms with van der Waals surface area (Å²) in [5.41, 5.74) is 12.8. The molecule has 4 rings (SSSR count). The van der Waals surface area contributed by atoms with Gasteiger partial charge in [0.05, 0.1) is 11.1 Å². The predicted octanol–water partition coefficient (Wildman–Crippen LogP) is 1.21. The van der Waals surface area contributed by atoms with Crippen LogP contribution in [0.3, 0.4) is 0 Å². The molecule has 2 aromatic carbocycles. The number of para-hydroxylation sites is 2. The van der Waals surface area contributed by atoms with Crippen LogP contribution in [0.4, 0.5) is 5.69 Å². The molecule has 4 aromatic rings. The lowest BCUT2D eigenvalue weighted by atomic mass is 10.1. The second-order valence-corrected chi connectivity index (χ2v) is 6.14. The van der Waals surface area contributed by atoms with Crippen molar-refractivity contribution in [3.8, 4) is 0 Å². The highest BCUT2D eigenvalue weighted by molar-refractivity contribution is 5.93. The Balaban J connectivity index is 0.00000182. The van der Waals surface area contributed by atoms with Gasteiger partial charge < -0.3 is 34.7 Å². The van der Waals surface area contributed by atoms with Gasteiger partial charge in [-0.2, -0.15) is 4.57 Å². The molecule has 0 radical (unpaired) electrons. The summed E-state index contributed by atoms with van der Waals surface area (Å²) >= 11 is 0. The van der Waals surface area contributed by atoms with Gasteiger partial charge >= 0.3 is 0 Å². The Morgan fingerprint density at radius 3 is 2.44 bits per heavy atom. The summed E-state index contributed by atoms with van der Waals surface area (Å²) in [6.45, 7) is 2.11. The van der Waals surface area contributed by atoms with Crippen molar-refractivity contribution in [1.82, 2.24) is 4.98 Å². The van der Waals surface area contributed by atoms with Crippen molar-refractivity contribution < 1.29 is 28.5 Å². The third-order valence-electron chi connectivity index (χ3n) is 4.63. The first-order valence-electron chi connectivity index (χ1n) is 8.08. The zero-order chi connectivity index (χ0) is 16.7. The summed E-state index contributed by atoms with van der Waals surface area (Å²) in [4.78, 5) is 3.44. The van der Waals surface area contributed by atoms with Crippen LogP contribution in [0.2, 0.25) is 0 Å². The number of anilines is 1. The van der Waals surface area contributed by atoms with Gasteiger partial charge in [-0.3, -0.25) is 0 Å². The second-order valence-electron chi connectivity index (χ2n) is 6.14. The molecule has 0 bridgehead atoms. The average molecular weight is 441 g/mol. The van der Waals surface area contributed by atoms with Crippen LogP contribution < -0.4 is 34.3 Å². The minimum absolute atomic E-state index is 0. The van der Waals surface area contributed by atoms with Crippen LogP contribution in [-0.2, 0) is 7.05 Å². The third-order valence-corrected chi connectivity index (χ3v) is 4.63. The number of nitrogens with zero attached hydrogens (tertiary/aromatic N) is 1. The summed E-state index contributed by atoms with van der Waals surface area (Å²) in [5.74, 6) is 0. The lowest BCUT2D eigenvalue weighted by Gasteiger charge is -2.03. The number of fused-ring (bicyclic) bond motifs is 2. The summed E-state index contributed by atoms with van der Waals surface area (Å²) in [5, 5.41) is 2.32. The molecule has 2 heterocycles. The van der Waals surface area contributed by atoms with Crippen molar-refractivity contribution in [2.75, 3.05) is 5.73 Å². The normalized spacial score (nSPS) is 11.3. The van der Waals surface area contributed by atoms with Crippen LogP contribution >= 0.6 is 0 Å². The number of hydrogen-bond donors (Lipinski definition) is 2. The van der Waals surface area contributed by atoms with Crippen LogP contribution in [0.15, 0.2) is 54.6 Å². The van der Waals surface area contributed by atoms with Crippen LogP contribution in [0.25, 0.3) is 34.0 Å². The van der Waals surface area contributed by atoms with Gasteiger partial charge in [-0.05, 0) is 25.1 Å². The Kier molecular flexibility index (Phi) is 4.81. The lowest BCUT2D eigenvalue weighted by molar-refractivity contribution is -0.646. The van der Waals surface area contributed by atoms with Crippen molar-refractivity contribution >= 4 is 39.6 Å². The lowest BCUT2D eigenvalue weighted by Crippen LogP contribution is -3.00. The molecule has 0 saturated heterocycles. The van der Waals surface area contributed by atoms with E-state index >= 15 is 0 Å². The molecule has 2 aromatic heterocycles. The summed E-state index contributed by atoms with van der Waals surface area (Å²) in [6.07, 6.45) is 4.29. The van der Waals surface area contributed by atoms with Crippen LogP contribution in [-0.4, -0.2) is 4.98 Å². The van der Waals surface area contributed by atoms with Crippen LogP contribution in [0.5, 0.6) is 0 Å². The first kappa shape index (κ1) is 17.5. The Morgan fingerprint density at radius 2 is 1.64 bits per heavy atom. The molecule has 0 saturated carbocycles. The zero-order valence-corrected chi connectivity index (χ0v) is 16.4. The van der Waals surface area contributed by atoms with Gasteiger partial charge in [0.15, 0.2) is 0 Å². The Labute approximate surface area is 164 Å². The van der Waals surface area contributed by atoms with Crippen molar-refractivity contribution in [1.29, 1.82) is 0 Å². The van der Waals surface area contributed by atoms with E-state index in [1.165, 1.54) is 16.6 Å². The summed E-state index contributed by atoms with van der Waals surface area (Å²) < 4.78 is 2.17. The number of aromatic amines is 1. The first-order chi connectivity index (χ1) is 11.6. The maximum Gasteiger partial charge on any atom is 0.214 e. The van der Waals surface area contributed by atoms with E-state index in [1.54, 1.807) is 0 Å². The molecule has 0 atom stereocenters. The number of nitrogen functional groups attached to an aromatic ring is 1. The van der Waals surface area contributed by atoms with Gasteiger partial charge in [-0.1, -0.05) is 30.3 Å². The molecule has 0 aliphatic heterocycles. The number of nitrogens with two attached hydrogens (primary N) is 1. The predicted molar refractivity (Wildman–Crippen MR) is 102 cm³/mol. The number of aryl methyl sites for hydroxylation is 2. The molecule has 0 spiro atoms. The monoisotopic (exact) mass is 441 g/mol. The maximum absolute atomic E-state index is 6.24. The number of H-pyrrole nitrogens is 1. The van der Waals surface area contributed by atoms with Crippen LogP contribution in [0, 0.1) is 6.92 Å². The Hall–Kier alpha value is -2.34. The fourth-order valence-electron chi connectivity index (χ4n) is 3.32. The van der Waals surface area contributed by atoms with Gasteiger partial charge in [0.2, 0.25) is 11.2 Å². The topological polar surface area (TPSA) is 45.7 Å². The molecule has 3 nitrogen and oxygen atoms in total. The minimum atomic E-state index is 0. The fourth-order valence-corrected chi connectivity index (χ4v) is 3.32. The average Bonchev–Trinajstić information content (AvgIpc) is 2.92. The Bertz CT molecular complexity index is 1090. The first-order valence-corrected chi connectivity index (χ1v) is 8.08. The molecule has 4 heteroatoms. The van der Waals surface area contributed by atoms with Gasteiger partial charge in [-0.15, -0.1) is 0 Å². The number of nitrogens with one attached hydrogen (secondary N) is 1. The van der Waals surface area contributed by atoms with Crippen molar-refractivity contribution in [2.45, 2.75) is 6.92 Å². The third kappa shape index (κ3) is 3.02. The molecule has 25 heavy (non-hydrogen) atoms. The summed E-state index contributed by atoms with van der Waals surface area (Å²) in [7, 11) is 2.07. The number of rotatable bonds is 2. The number of pyridine rings is 1. The molecule has 0 aliphatic rings. The molecule has 3 N–H and O–H groups in total. The van der Waals surface area contributed by atoms with Crippen LogP contribution in [0.1, 0.15) is 17.0 Å². The number of halogens is 1. The zero-order valence-electron chi connectivity index (χ0n) is 14.3. The minimum Gasteiger partial charge on any atom is -1.00 e. The molecule has 0 amide bonds. The molecule has 0 fully saturated rings. The Morgan fingerprint density at radius 1 is 0.960 bits per heavy atom. The molecular weight excluding hydrogens is 421 g/mol. The van der Waals surface area contributed by atoms with E-state index in [9.17, 15) is 0 Å². The molecule has 126 valence electrons. The van der Waals surface area contributed by atoms with E-state index in [0.717, 1.165) is 27.8 Å². The smallest absolute Gasteiger partial charge is 0.214 e. The number of benzene rings is 2. The highest BCUT2D eigenvalue weighted by Gasteiger charge is 2.13. The van der Waals surface area contributed by atoms with Crippen molar-refractivity contribution in [3.63, 3.8) is 0 Å². The van der Waals surface area contributed by atoms with Gasteiger partial charge in [0.25, 0.3) is 0 Å². The van der Waals surface area contributed by atoms with Crippen molar-refractivity contribution in [2.24, 2.45) is 7.05 Å². The largest absolute Gasteiger partial charge is 1.00 e. The van der Waals surface area contributed by atoms with E-state index in [-0.39, 0.29) is 24.0 Å². The molecule has 0 unspecified atom stereocenters. The SMILES string of the molecule is Cc1[nH]c2ccccc2c1/C=C/c1cc(N)c2ccccc2[n+]1C.[I-]. The highest BCUT2D eigenvalue weighted by atomic mass is 127. The van der Waals surface area contributed by atoms with E-state index < -0.39 is 0 Å². The van der Waals surface area contributed by atoms with Gasteiger partial charge in [0.1, 0.15) is 7.05 Å². The highest BCUT2D eigenvalue weighted by Crippen LogP contribution is 2.24. The van der Waals surface area contributed by atoms with E-state index in [1.807, 2.05) is 18.2 Å². The number of aromatic nitrogens is 2. The second kappa shape index (κ2) is 6.88. The quantitative estimate of drug-likeness (QED) is 0.357. The van der Waals surface area contributed by atoms with E-state index in [2.05, 4.69) is 72.1 Å². The number of hydrogen-bond acceptors (Lipinski definition) is 1. The fraction of sp³-hybridized carbons (Fsp3) is 0.0952. The molecular formula is C21H20IN3. The maximum atomic E-state index is 6.24. The van der Waals surface area contributed by atoms with E-state index in [0.29, 0.717) is 0 Å². The molecule has 0 aliphatic carbocycles. The van der Waals surface area contributed by atoms with E-state index in [4.69, 9.17) is 5.73 Å². The van der Waals surface area contributed by atoms with Gasteiger partial charge in [-0.25, -0.2) is 0 Å². The standard InChI is InChI=1S/C21H19N3.HI/c1-14-16(17-7-3-5-9-20(17)23-14)12-11-15-13-19(22)18-8-4-6-10-21(18)24(15)2;/h3-13H,1-2H3,(H2,22,23);1H. The van der Waals surface area contributed by atoms with Gasteiger partial charge in [0, 0.05) is 40.4 Å². The van der Waals surface area contributed by atoms with Crippen molar-refractivity contribution in [3.05, 3.63) is 71.5 Å².